The molecular formula is C24H32N2O2. The number of benzene rings is 2. The highest BCUT2D eigenvalue weighted by atomic mass is 16.3. The number of hydrogen-bond donors (Lipinski definition) is 2. The lowest BCUT2D eigenvalue weighted by atomic mass is 9.96. The van der Waals surface area contributed by atoms with E-state index in [1.54, 1.807) is 0 Å². The molecule has 1 saturated carbocycles. The highest BCUT2D eigenvalue weighted by molar-refractivity contribution is 5.76. The zero-order chi connectivity index (χ0) is 19.6. The zero-order valence-corrected chi connectivity index (χ0v) is 16.6. The van der Waals surface area contributed by atoms with Crippen molar-refractivity contribution in [3.63, 3.8) is 0 Å². The van der Waals surface area contributed by atoms with Crippen LogP contribution in [0.1, 0.15) is 55.7 Å². The minimum atomic E-state index is 0.0771. The fraction of sp³-hybridized carbons (Fsp3) is 0.458. The summed E-state index contributed by atoms with van der Waals surface area (Å²) in [5.74, 6) is 0.140. The van der Waals surface area contributed by atoms with Gasteiger partial charge in [0.2, 0.25) is 5.91 Å². The number of carbonyl (C=O) groups excluding carboxylic acids is 1. The fourth-order valence-electron chi connectivity index (χ4n) is 4.14. The summed E-state index contributed by atoms with van der Waals surface area (Å²) in [6, 6.07) is 21.3. The van der Waals surface area contributed by atoms with Gasteiger partial charge in [-0.05, 0) is 30.4 Å². The van der Waals surface area contributed by atoms with Crippen LogP contribution in [0.2, 0.25) is 0 Å². The molecule has 1 aliphatic carbocycles. The quantitative estimate of drug-likeness (QED) is 0.657. The first kappa shape index (κ1) is 20.6. The Morgan fingerprint density at radius 1 is 0.964 bits per heavy atom. The van der Waals surface area contributed by atoms with E-state index in [-0.39, 0.29) is 18.6 Å². The van der Waals surface area contributed by atoms with Crippen molar-refractivity contribution >= 4 is 5.91 Å². The Morgan fingerprint density at radius 2 is 1.54 bits per heavy atom. The van der Waals surface area contributed by atoms with Crippen LogP contribution in [0, 0.1) is 0 Å². The van der Waals surface area contributed by atoms with E-state index in [1.165, 1.54) is 24.0 Å². The second kappa shape index (κ2) is 11.0. The van der Waals surface area contributed by atoms with E-state index in [0.29, 0.717) is 25.4 Å². The molecule has 2 N–H and O–H groups in total. The standard InChI is InChI=1S/C24H32N2O2/c27-19-9-17-26(18-16-23(28)25-22-14-7-8-15-22)24(20-10-3-1-4-11-20)21-12-5-2-6-13-21/h1-6,10-13,22,24,27H,7-9,14-19H2,(H,25,28). The van der Waals surface area contributed by atoms with Crippen LogP contribution in [0.25, 0.3) is 0 Å². The predicted molar refractivity (Wildman–Crippen MR) is 113 cm³/mol. The third-order valence-corrected chi connectivity index (χ3v) is 5.55. The number of aliphatic hydroxyl groups is 1. The van der Waals surface area contributed by atoms with Gasteiger partial charge in [-0.15, -0.1) is 0 Å². The van der Waals surface area contributed by atoms with Gasteiger partial charge in [-0.2, -0.15) is 0 Å². The second-order valence-corrected chi connectivity index (χ2v) is 7.64. The van der Waals surface area contributed by atoms with Crippen molar-refractivity contribution in [3.05, 3.63) is 71.8 Å². The van der Waals surface area contributed by atoms with E-state index < -0.39 is 0 Å². The van der Waals surface area contributed by atoms with Crippen LogP contribution < -0.4 is 5.32 Å². The van der Waals surface area contributed by atoms with Crippen molar-refractivity contribution in [2.24, 2.45) is 0 Å². The molecule has 4 nitrogen and oxygen atoms in total. The Balaban J connectivity index is 1.74. The molecule has 0 bridgehead atoms. The normalized spacial score (nSPS) is 14.7. The third kappa shape index (κ3) is 5.91. The van der Waals surface area contributed by atoms with Gasteiger partial charge < -0.3 is 10.4 Å². The van der Waals surface area contributed by atoms with Gasteiger partial charge in [-0.1, -0.05) is 73.5 Å². The van der Waals surface area contributed by atoms with E-state index >= 15 is 0 Å². The largest absolute Gasteiger partial charge is 0.396 e. The molecule has 150 valence electrons. The summed E-state index contributed by atoms with van der Waals surface area (Å²) in [5, 5.41) is 12.6. The van der Waals surface area contributed by atoms with Crippen molar-refractivity contribution < 1.29 is 9.90 Å². The van der Waals surface area contributed by atoms with Gasteiger partial charge in [0.15, 0.2) is 0 Å². The molecule has 4 heteroatoms. The Kier molecular flexibility index (Phi) is 8.07. The summed E-state index contributed by atoms with van der Waals surface area (Å²) in [5.41, 5.74) is 2.42. The van der Waals surface area contributed by atoms with E-state index in [0.717, 1.165) is 19.4 Å². The monoisotopic (exact) mass is 380 g/mol. The van der Waals surface area contributed by atoms with Crippen molar-refractivity contribution in [1.29, 1.82) is 0 Å². The summed E-state index contributed by atoms with van der Waals surface area (Å²) in [4.78, 5) is 14.8. The molecular weight excluding hydrogens is 348 g/mol. The lowest BCUT2D eigenvalue weighted by Crippen LogP contribution is -2.37. The molecule has 0 heterocycles. The highest BCUT2D eigenvalue weighted by Crippen LogP contribution is 2.29. The number of rotatable bonds is 10. The van der Waals surface area contributed by atoms with Crippen LogP contribution in [0.3, 0.4) is 0 Å². The molecule has 1 aliphatic rings. The first-order chi connectivity index (χ1) is 13.8. The van der Waals surface area contributed by atoms with Crippen molar-refractivity contribution in [3.8, 4) is 0 Å². The molecule has 0 saturated heterocycles. The van der Waals surface area contributed by atoms with Crippen LogP contribution in [-0.4, -0.2) is 41.7 Å². The van der Waals surface area contributed by atoms with Gasteiger partial charge >= 0.3 is 0 Å². The minimum Gasteiger partial charge on any atom is -0.396 e. The van der Waals surface area contributed by atoms with Crippen molar-refractivity contribution in [2.45, 2.75) is 50.6 Å². The number of carbonyl (C=O) groups is 1. The molecule has 0 unspecified atom stereocenters. The van der Waals surface area contributed by atoms with Gasteiger partial charge in [0.25, 0.3) is 0 Å². The number of nitrogens with one attached hydrogen (secondary N) is 1. The van der Waals surface area contributed by atoms with Gasteiger partial charge in [0, 0.05) is 32.2 Å². The van der Waals surface area contributed by atoms with Crippen LogP contribution in [0.4, 0.5) is 0 Å². The summed E-state index contributed by atoms with van der Waals surface area (Å²) in [7, 11) is 0. The number of aliphatic hydroxyl groups excluding tert-OH is 1. The molecule has 3 rings (SSSR count). The first-order valence-electron chi connectivity index (χ1n) is 10.5. The zero-order valence-electron chi connectivity index (χ0n) is 16.6. The van der Waals surface area contributed by atoms with Crippen molar-refractivity contribution in [1.82, 2.24) is 10.2 Å². The molecule has 0 radical (unpaired) electrons. The van der Waals surface area contributed by atoms with E-state index in [2.05, 4.69) is 58.7 Å². The molecule has 0 spiro atoms. The summed E-state index contributed by atoms with van der Waals surface area (Å²) in [6.07, 6.45) is 5.83. The Labute approximate surface area is 168 Å². The lowest BCUT2D eigenvalue weighted by Gasteiger charge is -2.32. The SMILES string of the molecule is O=C(CCN(CCCO)C(c1ccccc1)c1ccccc1)NC1CCCC1. The molecule has 0 aliphatic heterocycles. The second-order valence-electron chi connectivity index (χ2n) is 7.64. The van der Waals surface area contributed by atoms with Gasteiger partial charge in [0.05, 0.1) is 6.04 Å². The maximum absolute atomic E-state index is 12.5. The molecule has 2 aromatic rings. The lowest BCUT2D eigenvalue weighted by molar-refractivity contribution is -0.122. The molecule has 28 heavy (non-hydrogen) atoms. The van der Waals surface area contributed by atoms with Gasteiger partial charge in [0.1, 0.15) is 0 Å². The predicted octanol–water partition coefficient (Wildman–Crippen LogP) is 3.91. The fourth-order valence-corrected chi connectivity index (χ4v) is 4.14. The number of nitrogens with zero attached hydrogens (tertiary/aromatic N) is 1. The summed E-state index contributed by atoms with van der Waals surface area (Å²) < 4.78 is 0. The third-order valence-electron chi connectivity index (χ3n) is 5.55. The number of amides is 1. The Morgan fingerprint density at radius 3 is 2.07 bits per heavy atom. The van der Waals surface area contributed by atoms with Crippen LogP contribution in [0.5, 0.6) is 0 Å². The highest BCUT2D eigenvalue weighted by Gasteiger charge is 2.23. The topological polar surface area (TPSA) is 52.6 Å². The molecule has 2 aromatic carbocycles. The van der Waals surface area contributed by atoms with Crippen molar-refractivity contribution in [2.75, 3.05) is 19.7 Å². The Hall–Kier alpha value is -2.17. The van der Waals surface area contributed by atoms with Crippen LogP contribution in [-0.2, 0) is 4.79 Å². The van der Waals surface area contributed by atoms with E-state index in [1.807, 2.05) is 12.1 Å². The maximum atomic E-state index is 12.5. The average molecular weight is 381 g/mol. The maximum Gasteiger partial charge on any atom is 0.221 e. The smallest absolute Gasteiger partial charge is 0.221 e. The average Bonchev–Trinajstić information content (AvgIpc) is 3.24. The first-order valence-corrected chi connectivity index (χ1v) is 10.5. The summed E-state index contributed by atoms with van der Waals surface area (Å²) in [6.45, 7) is 1.58. The minimum absolute atomic E-state index is 0.0771. The number of hydrogen-bond acceptors (Lipinski definition) is 3. The molecule has 0 aromatic heterocycles. The summed E-state index contributed by atoms with van der Waals surface area (Å²) >= 11 is 0. The molecule has 1 fully saturated rings. The molecule has 1 amide bonds. The van der Waals surface area contributed by atoms with Gasteiger partial charge in [-0.3, -0.25) is 9.69 Å². The van der Waals surface area contributed by atoms with Crippen LogP contribution >= 0.6 is 0 Å². The molecule has 0 atom stereocenters. The van der Waals surface area contributed by atoms with E-state index in [4.69, 9.17) is 0 Å². The van der Waals surface area contributed by atoms with Gasteiger partial charge in [-0.25, -0.2) is 0 Å². The Bertz CT molecular complexity index is 660. The van der Waals surface area contributed by atoms with Crippen LogP contribution in [0.15, 0.2) is 60.7 Å². The van der Waals surface area contributed by atoms with E-state index in [9.17, 15) is 9.90 Å².